The number of rotatable bonds is 6. The summed E-state index contributed by atoms with van der Waals surface area (Å²) < 4.78 is 5.82. The maximum Gasteiger partial charge on any atom is 0.220 e. The van der Waals surface area contributed by atoms with Crippen molar-refractivity contribution >= 4 is 5.91 Å². The van der Waals surface area contributed by atoms with Crippen LogP contribution in [0.2, 0.25) is 0 Å². The predicted molar refractivity (Wildman–Crippen MR) is 96.0 cm³/mol. The standard InChI is InChI=1S/C20H26N2O3/c1-15-19(16-8-4-2-5-9-16)25-18(22-15)11-10-17(23)21-14-20(24)12-6-3-7-13-20/h2,4-5,8-9,24H,3,6-7,10-14H2,1H3,(H,21,23). The van der Waals surface area contributed by atoms with E-state index in [9.17, 15) is 9.90 Å². The molecule has 1 aliphatic carbocycles. The molecule has 0 atom stereocenters. The number of nitrogens with one attached hydrogen (secondary N) is 1. The van der Waals surface area contributed by atoms with Crippen LogP contribution in [0, 0.1) is 6.92 Å². The molecule has 5 heteroatoms. The van der Waals surface area contributed by atoms with Gasteiger partial charge in [-0.25, -0.2) is 4.98 Å². The van der Waals surface area contributed by atoms with Gasteiger partial charge in [0.25, 0.3) is 0 Å². The monoisotopic (exact) mass is 342 g/mol. The summed E-state index contributed by atoms with van der Waals surface area (Å²) in [7, 11) is 0. The van der Waals surface area contributed by atoms with Gasteiger partial charge in [0.15, 0.2) is 11.7 Å². The van der Waals surface area contributed by atoms with Gasteiger partial charge in [-0.15, -0.1) is 0 Å². The number of oxazole rings is 1. The van der Waals surface area contributed by atoms with Gasteiger partial charge in [-0.2, -0.15) is 0 Å². The van der Waals surface area contributed by atoms with Crippen LogP contribution >= 0.6 is 0 Å². The van der Waals surface area contributed by atoms with Crippen LogP contribution < -0.4 is 5.32 Å². The Morgan fingerprint density at radius 3 is 2.68 bits per heavy atom. The number of amides is 1. The van der Waals surface area contributed by atoms with Gasteiger partial charge in [-0.05, 0) is 19.8 Å². The number of aromatic nitrogens is 1. The van der Waals surface area contributed by atoms with Crippen LogP contribution in [0.25, 0.3) is 11.3 Å². The number of nitrogens with zero attached hydrogens (tertiary/aromatic N) is 1. The summed E-state index contributed by atoms with van der Waals surface area (Å²) in [4.78, 5) is 16.5. The molecule has 0 saturated heterocycles. The lowest BCUT2D eigenvalue weighted by molar-refractivity contribution is -0.122. The van der Waals surface area contributed by atoms with Gasteiger partial charge in [0.2, 0.25) is 5.91 Å². The molecule has 1 saturated carbocycles. The largest absolute Gasteiger partial charge is 0.440 e. The first-order valence-electron chi connectivity index (χ1n) is 9.07. The predicted octanol–water partition coefficient (Wildman–Crippen LogP) is 3.39. The van der Waals surface area contributed by atoms with Crippen LogP contribution in [0.5, 0.6) is 0 Å². The lowest BCUT2D eigenvalue weighted by atomic mass is 9.85. The Labute approximate surface area is 148 Å². The van der Waals surface area contributed by atoms with Crippen LogP contribution in [0.15, 0.2) is 34.7 Å². The Hall–Kier alpha value is -2.14. The van der Waals surface area contributed by atoms with E-state index in [-0.39, 0.29) is 5.91 Å². The number of hydrogen-bond acceptors (Lipinski definition) is 4. The number of aryl methyl sites for hydroxylation is 2. The van der Waals surface area contributed by atoms with Gasteiger partial charge in [0.1, 0.15) is 0 Å². The minimum absolute atomic E-state index is 0.0730. The van der Waals surface area contributed by atoms with Gasteiger partial charge >= 0.3 is 0 Å². The van der Waals surface area contributed by atoms with Crippen molar-refractivity contribution in [3.8, 4) is 11.3 Å². The topological polar surface area (TPSA) is 75.4 Å². The van der Waals surface area contributed by atoms with Gasteiger partial charge in [-0.1, -0.05) is 49.6 Å². The van der Waals surface area contributed by atoms with Crippen LogP contribution in [-0.4, -0.2) is 28.1 Å². The van der Waals surface area contributed by atoms with Crippen LogP contribution in [0.1, 0.15) is 50.1 Å². The van der Waals surface area contributed by atoms with Crippen LogP contribution in [0.3, 0.4) is 0 Å². The first kappa shape index (κ1) is 17.7. The normalized spacial score (nSPS) is 16.6. The molecule has 2 aromatic rings. The zero-order valence-electron chi connectivity index (χ0n) is 14.8. The molecule has 134 valence electrons. The Morgan fingerprint density at radius 2 is 1.96 bits per heavy atom. The highest BCUT2D eigenvalue weighted by molar-refractivity contribution is 5.76. The fraction of sp³-hybridized carbons (Fsp3) is 0.500. The summed E-state index contributed by atoms with van der Waals surface area (Å²) in [5.41, 5.74) is 1.09. The zero-order valence-corrected chi connectivity index (χ0v) is 14.8. The quantitative estimate of drug-likeness (QED) is 0.844. The highest BCUT2D eigenvalue weighted by atomic mass is 16.4. The molecule has 1 fully saturated rings. The minimum atomic E-state index is -0.728. The van der Waals surface area contributed by atoms with Crippen molar-refractivity contribution in [3.05, 3.63) is 41.9 Å². The maximum atomic E-state index is 12.1. The summed E-state index contributed by atoms with van der Waals surface area (Å²) in [6, 6.07) is 9.84. The molecule has 5 nitrogen and oxygen atoms in total. The van der Waals surface area contributed by atoms with Gasteiger partial charge < -0.3 is 14.8 Å². The van der Waals surface area contributed by atoms with E-state index in [1.165, 1.54) is 6.42 Å². The molecule has 0 unspecified atom stereocenters. The number of hydrogen-bond donors (Lipinski definition) is 2. The molecular formula is C20H26N2O3. The SMILES string of the molecule is Cc1nc(CCC(=O)NCC2(O)CCCCC2)oc1-c1ccccc1. The Morgan fingerprint density at radius 1 is 1.24 bits per heavy atom. The summed E-state index contributed by atoms with van der Waals surface area (Å²) in [5.74, 6) is 1.26. The summed E-state index contributed by atoms with van der Waals surface area (Å²) >= 11 is 0. The third-order valence-corrected chi connectivity index (χ3v) is 4.84. The molecule has 25 heavy (non-hydrogen) atoms. The van der Waals surface area contributed by atoms with Gasteiger partial charge in [-0.3, -0.25) is 4.79 Å². The van der Waals surface area contributed by atoms with Gasteiger partial charge in [0.05, 0.1) is 11.3 Å². The Balaban J connectivity index is 1.51. The van der Waals surface area contributed by atoms with Crippen molar-refractivity contribution in [2.24, 2.45) is 0 Å². The van der Waals surface area contributed by atoms with E-state index in [2.05, 4.69) is 10.3 Å². The highest BCUT2D eigenvalue weighted by Crippen LogP contribution is 2.27. The Kier molecular flexibility index (Phi) is 5.53. The summed E-state index contributed by atoms with van der Waals surface area (Å²) in [5, 5.41) is 13.3. The van der Waals surface area contributed by atoms with E-state index in [4.69, 9.17) is 4.42 Å². The molecule has 0 aliphatic heterocycles. The molecule has 0 spiro atoms. The van der Waals surface area contributed by atoms with E-state index in [1.807, 2.05) is 37.3 Å². The van der Waals surface area contributed by atoms with Crippen molar-refractivity contribution in [2.75, 3.05) is 6.54 Å². The number of aliphatic hydroxyl groups is 1. The summed E-state index contributed by atoms with van der Waals surface area (Å²) in [6.07, 6.45) is 5.54. The molecule has 1 aromatic heterocycles. The van der Waals surface area contributed by atoms with Crippen LogP contribution in [0.4, 0.5) is 0 Å². The van der Waals surface area contributed by atoms with Gasteiger partial charge in [0, 0.05) is 24.9 Å². The minimum Gasteiger partial charge on any atom is -0.440 e. The first-order chi connectivity index (χ1) is 12.1. The maximum absolute atomic E-state index is 12.1. The number of carbonyl (C=O) groups excluding carboxylic acids is 1. The fourth-order valence-corrected chi connectivity index (χ4v) is 3.38. The smallest absolute Gasteiger partial charge is 0.220 e. The molecule has 1 aromatic carbocycles. The van der Waals surface area contributed by atoms with E-state index in [1.54, 1.807) is 0 Å². The number of carbonyl (C=O) groups is 1. The average Bonchev–Trinajstić information content (AvgIpc) is 3.00. The first-order valence-corrected chi connectivity index (χ1v) is 9.07. The van der Waals surface area contributed by atoms with E-state index >= 15 is 0 Å². The molecule has 3 rings (SSSR count). The third kappa shape index (κ3) is 4.69. The lowest BCUT2D eigenvalue weighted by Gasteiger charge is -2.32. The van der Waals surface area contributed by atoms with Crippen molar-refractivity contribution < 1.29 is 14.3 Å². The second-order valence-electron chi connectivity index (χ2n) is 6.95. The van der Waals surface area contributed by atoms with Crippen molar-refractivity contribution in [3.63, 3.8) is 0 Å². The summed E-state index contributed by atoms with van der Waals surface area (Å²) in [6.45, 7) is 2.25. The van der Waals surface area contributed by atoms with Crippen LogP contribution in [-0.2, 0) is 11.2 Å². The second kappa shape index (κ2) is 7.83. The third-order valence-electron chi connectivity index (χ3n) is 4.84. The van der Waals surface area contributed by atoms with E-state index < -0.39 is 5.60 Å². The fourth-order valence-electron chi connectivity index (χ4n) is 3.38. The highest BCUT2D eigenvalue weighted by Gasteiger charge is 2.29. The van der Waals surface area contributed by atoms with E-state index in [0.29, 0.717) is 25.3 Å². The number of benzene rings is 1. The molecule has 1 heterocycles. The molecule has 0 radical (unpaired) electrons. The molecule has 2 N–H and O–H groups in total. The van der Waals surface area contributed by atoms with Crippen molar-refractivity contribution in [1.29, 1.82) is 0 Å². The zero-order chi connectivity index (χ0) is 17.7. The molecule has 1 amide bonds. The van der Waals surface area contributed by atoms with Crippen molar-refractivity contribution in [2.45, 2.75) is 57.5 Å². The van der Waals surface area contributed by atoms with E-state index in [0.717, 1.165) is 42.7 Å². The lowest BCUT2D eigenvalue weighted by Crippen LogP contribution is -2.44. The second-order valence-corrected chi connectivity index (χ2v) is 6.95. The molecule has 1 aliphatic rings. The Bertz CT molecular complexity index is 703. The molecule has 0 bridgehead atoms. The average molecular weight is 342 g/mol. The molecular weight excluding hydrogens is 316 g/mol. The van der Waals surface area contributed by atoms with Crippen molar-refractivity contribution in [1.82, 2.24) is 10.3 Å².